The van der Waals surface area contributed by atoms with Crippen LogP contribution in [0.3, 0.4) is 0 Å². The van der Waals surface area contributed by atoms with Gasteiger partial charge < -0.3 is 4.12 Å². The molecule has 0 bridgehead atoms. The molecule has 0 spiro atoms. The Morgan fingerprint density at radius 3 is 1.20 bits per heavy atom. The van der Waals surface area contributed by atoms with Crippen molar-refractivity contribution in [2.24, 2.45) is 0 Å². The molecule has 0 aromatic carbocycles. The van der Waals surface area contributed by atoms with E-state index in [4.69, 9.17) is 15.7 Å². The molecule has 0 aliphatic rings. The Hall–Kier alpha value is 1.12. The van der Waals surface area contributed by atoms with E-state index in [1.54, 1.807) is 0 Å². The fraction of sp³-hybridized carbons (Fsp3) is 1.00. The van der Waals surface area contributed by atoms with Gasteiger partial charge in [-0.05, 0) is 32.5 Å². The van der Waals surface area contributed by atoms with Crippen molar-refractivity contribution >= 4 is 42.5 Å². The molecule has 1 nitrogen and oxygen atoms in total. The first kappa shape index (κ1) is 21.1. The highest BCUT2D eigenvalue weighted by molar-refractivity contribution is 7.69. The van der Waals surface area contributed by atoms with Crippen molar-refractivity contribution in [3.63, 3.8) is 0 Å². The standard InChI is InChI=1S/C14H37ClOSi4/c1-12-14(15,13-2)20(18(6,7)8,19(9,10)11)16-17(3,4)5/h12-13H2,1-11H3. The first-order chi connectivity index (χ1) is 8.58. The summed E-state index contributed by atoms with van der Waals surface area (Å²) in [6.07, 6.45) is 2.10. The highest BCUT2D eigenvalue weighted by Gasteiger charge is 2.67. The van der Waals surface area contributed by atoms with Crippen molar-refractivity contribution in [2.75, 3.05) is 0 Å². The molecular weight excluding hydrogens is 332 g/mol. The van der Waals surface area contributed by atoms with Gasteiger partial charge in [-0.15, -0.1) is 11.6 Å². The van der Waals surface area contributed by atoms with E-state index in [9.17, 15) is 0 Å². The molecule has 0 amide bonds. The summed E-state index contributed by atoms with van der Waals surface area (Å²) in [7, 11) is -6.55. The monoisotopic (exact) mass is 368 g/mol. The van der Waals surface area contributed by atoms with Crippen LogP contribution in [-0.2, 0) is 4.12 Å². The van der Waals surface area contributed by atoms with Gasteiger partial charge in [0.05, 0.1) is 19.7 Å². The Labute approximate surface area is 136 Å². The van der Waals surface area contributed by atoms with E-state index in [0.29, 0.717) is 0 Å². The van der Waals surface area contributed by atoms with Gasteiger partial charge in [0.1, 0.15) is 0 Å². The molecule has 0 fully saturated rings. The minimum atomic E-state index is -1.98. The normalized spacial score (nSPS) is 15.6. The summed E-state index contributed by atoms with van der Waals surface area (Å²) in [6.45, 7) is 26.7. The Morgan fingerprint density at radius 2 is 1.05 bits per heavy atom. The van der Waals surface area contributed by atoms with Gasteiger partial charge in [-0.3, -0.25) is 0 Å². The van der Waals surface area contributed by atoms with Gasteiger partial charge >= 0.3 is 0 Å². The van der Waals surface area contributed by atoms with Crippen molar-refractivity contribution in [1.29, 1.82) is 0 Å². The lowest BCUT2D eigenvalue weighted by Gasteiger charge is -2.59. The first-order valence-electron chi connectivity index (χ1n) is 7.97. The molecule has 0 radical (unpaired) electrons. The fourth-order valence-corrected chi connectivity index (χ4v) is 70.5. The third kappa shape index (κ3) is 3.90. The molecule has 0 heterocycles. The summed E-state index contributed by atoms with van der Waals surface area (Å²) in [5.74, 6) is 0. The lowest BCUT2D eigenvalue weighted by atomic mass is 10.2. The van der Waals surface area contributed by atoms with Crippen LogP contribution in [0.5, 0.6) is 0 Å². The zero-order valence-electron chi connectivity index (χ0n) is 15.7. The number of alkyl halides is 1. The minimum Gasteiger partial charge on any atom is -0.458 e. The first-order valence-corrected chi connectivity index (χ1v) is 22.7. The van der Waals surface area contributed by atoms with E-state index < -0.39 is 30.9 Å². The van der Waals surface area contributed by atoms with Gasteiger partial charge in [0.2, 0.25) is 0 Å². The van der Waals surface area contributed by atoms with Crippen LogP contribution in [0.15, 0.2) is 0 Å². The van der Waals surface area contributed by atoms with Gasteiger partial charge in [0.25, 0.3) is 0 Å². The van der Waals surface area contributed by atoms with E-state index in [-0.39, 0.29) is 4.50 Å². The second-order valence-corrected chi connectivity index (χ2v) is 41.2. The zero-order valence-corrected chi connectivity index (χ0v) is 20.5. The quantitative estimate of drug-likeness (QED) is 0.398. The molecule has 20 heavy (non-hydrogen) atoms. The molecule has 122 valence electrons. The molecule has 0 aromatic heterocycles. The lowest BCUT2D eigenvalue weighted by Crippen LogP contribution is -2.84. The second-order valence-electron chi connectivity index (χ2n) is 9.07. The second kappa shape index (κ2) is 6.32. The van der Waals surface area contributed by atoms with Crippen LogP contribution < -0.4 is 0 Å². The molecule has 0 aliphatic heterocycles. The van der Waals surface area contributed by atoms with Crippen LogP contribution in [0.2, 0.25) is 58.9 Å². The van der Waals surface area contributed by atoms with Crippen LogP contribution in [0.1, 0.15) is 26.7 Å². The van der Waals surface area contributed by atoms with Crippen molar-refractivity contribution in [2.45, 2.75) is 90.1 Å². The molecule has 0 saturated carbocycles. The number of hydrogen-bond donors (Lipinski definition) is 0. The van der Waals surface area contributed by atoms with Crippen molar-refractivity contribution in [1.82, 2.24) is 0 Å². The molecule has 0 rings (SSSR count). The van der Waals surface area contributed by atoms with E-state index in [2.05, 4.69) is 72.8 Å². The topological polar surface area (TPSA) is 9.23 Å². The van der Waals surface area contributed by atoms with Crippen LogP contribution in [0.4, 0.5) is 0 Å². The van der Waals surface area contributed by atoms with E-state index >= 15 is 0 Å². The van der Waals surface area contributed by atoms with Crippen molar-refractivity contribution < 1.29 is 4.12 Å². The summed E-state index contributed by atoms with van der Waals surface area (Å²) in [5, 5.41) is 0. The highest BCUT2D eigenvalue weighted by atomic mass is 35.5. The maximum Gasteiger partial charge on any atom is 0.174 e. The lowest BCUT2D eigenvalue weighted by molar-refractivity contribution is 0.518. The third-order valence-electron chi connectivity index (χ3n) is 4.32. The van der Waals surface area contributed by atoms with Gasteiger partial charge in [-0.25, -0.2) is 0 Å². The Bertz CT molecular complexity index is 308. The Kier molecular flexibility index (Phi) is 6.67. The fourth-order valence-electron chi connectivity index (χ4n) is 4.07. The molecule has 0 saturated heterocycles. The SMILES string of the molecule is CCC(Cl)(CC)[Si](O[Si](C)(C)C)([Si](C)(C)C)[Si](C)(C)C. The molecular formula is C14H37ClOSi4. The smallest absolute Gasteiger partial charge is 0.174 e. The summed E-state index contributed by atoms with van der Waals surface area (Å²) >= 11 is 7.33. The zero-order chi connectivity index (χ0) is 16.6. The molecule has 6 heteroatoms. The van der Waals surface area contributed by atoms with Gasteiger partial charge in [0.15, 0.2) is 15.7 Å². The Balaban J connectivity index is 6.39. The van der Waals surface area contributed by atoms with Gasteiger partial charge in [-0.2, -0.15) is 0 Å². The summed E-state index contributed by atoms with van der Waals surface area (Å²) in [6, 6.07) is 0. The summed E-state index contributed by atoms with van der Waals surface area (Å²) in [4.78, 5) is 0. The molecule has 0 aromatic rings. The van der Waals surface area contributed by atoms with E-state index in [1.165, 1.54) is 0 Å². The van der Waals surface area contributed by atoms with Crippen LogP contribution in [-0.4, -0.2) is 35.4 Å². The predicted molar refractivity (Wildman–Crippen MR) is 106 cm³/mol. The third-order valence-corrected chi connectivity index (χ3v) is 47.4. The van der Waals surface area contributed by atoms with Crippen molar-refractivity contribution in [3.8, 4) is 0 Å². The molecule has 0 aliphatic carbocycles. The minimum absolute atomic E-state index is 0.0811. The van der Waals surface area contributed by atoms with Crippen LogP contribution in [0.25, 0.3) is 0 Å². The number of hydrogen-bond acceptors (Lipinski definition) is 1. The summed E-state index contributed by atoms with van der Waals surface area (Å²) in [5.41, 5.74) is 0. The van der Waals surface area contributed by atoms with Crippen molar-refractivity contribution in [3.05, 3.63) is 0 Å². The maximum absolute atomic E-state index is 7.33. The van der Waals surface area contributed by atoms with Gasteiger partial charge in [-0.1, -0.05) is 53.1 Å². The predicted octanol–water partition coefficient (Wildman–Crippen LogP) is 5.95. The van der Waals surface area contributed by atoms with Crippen LogP contribution >= 0.6 is 11.6 Å². The highest BCUT2D eigenvalue weighted by Crippen LogP contribution is 2.47. The molecule has 0 unspecified atom stereocenters. The van der Waals surface area contributed by atoms with E-state index in [0.717, 1.165) is 12.8 Å². The van der Waals surface area contributed by atoms with Crippen LogP contribution in [0, 0.1) is 0 Å². The Morgan fingerprint density at radius 1 is 0.750 bits per heavy atom. The number of rotatable bonds is 7. The summed E-state index contributed by atoms with van der Waals surface area (Å²) < 4.78 is 7.09. The number of halogens is 1. The van der Waals surface area contributed by atoms with Gasteiger partial charge in [0, 0.05) is 0 Å². The van der Waals surface area contributed by atoms with E-state index in [1.807, 2.05) is 0 Å². The average molecular weight is 369 g/mol. The molecule has 0 N–H and O–H groups in total. The average Bonchev–Trinajstić information content (AvgIpc) is 2.20. The largest absolute Gasteiger partial charge is 0.458 e. The maximum atomic E-state index is 7.33. The molecule has 0 atom stereocenters.